The summed E-state index contributed by atoms with van der Waals surface area (Å²) in [6.07, 6.45) is 0.949. The molecule has 0 radical (unpaired) electrons. The van der Waals surface area contributed by atoms with Crippen LogP contribution >= 0.6 is 22.7 Å². The van der Waals surface area contributed by atoms with E-state index in [1.807, 2.05) is 7.05 Å². The lowest BCUT2D eigenvalue weighted by Gasteiger charge is -2.22. The number of likely N-dealkylation sites (N-methyl/N-ethyl adjacent to an activating group) is 1. The summed E-state index contributed by atoms with van der Waals surface area (Å²) in [5.41, 5.74) is 1.24. The van der Waals surface area contributed by atoms with Gasteiger partial charge in [-0.05, 0) is 40.3 Å². The van der Waals surface area contributed by atoms with Crippen LogP contribution in [0.2, 0.25) is 0 Å². The predicted molar refractivity (Wildman–Crippen MR) is 103 cm³/mol. The van der Waals surface area contributed by atoms with Crippen LogP contribution < -0.4 is 5.32 Å². The van der Waals surface area contributed by atoms with Crippen LogP contribution in [0.15, 0.2) is 39.3 Å². The van der Waals surface area contributed by atoms with Gasteiger partial charge in [0.25, 0.3) is 0 Å². The Labute approximate surface area is 151 Å². The monoisotopic (exact) mass is 364 g/mol. The molecular weight excluding hydrogens is 340 g/mol. The molecule has 1 amide bonds. The van der Waals surface area contributed by atoms with Crippen LogP contribution in [0.4, 0.5) is 0 Å². The number of nitrogens with zero attached hydrogens (tertiary/aromatic N) is 3. The van der Waals surface area contributed by atoms with Crippen LogP contribution in [0.5, 0.6) is 0 Å². The number of guanidine groups is 1. The zero-order valence-corrected chi connectivity index (χ0v) is 16.0. The molecule has 0 aliphatic carbocycles. The first-order valence-corrected chi connectivity index (χ1v) is 9.61. The van der Waals surface area contributed by atoms with Crippen LogP contribution in [0.25, 0.3) is 0 Å². The average molecular weight is 365 g/mol. The van der Waals surface area contributed by atoms with Crippen molar-refractivity contribution in [1.82, 2.24) is 15.1 Å². The van der Waals surface area contributed by atoms with Gasteiger partial charge >= 0.3 is 0 Å². The molecule has 0 saturated carbocycles. The third kappa shape index (κ3) is 5.98. The van der Waals surface area contributed by atoms with Crippen LogP contribution in [-0.4, -0.2) is 55.9 Å². The molecule has 1 N–H and O–H groups in total. The van der Waals surface area contributed by atoms with Gasteiger partial charge in [-0.25, -0.2) is 4.99 Å². The Morgan fingerprint density at radius 2 is 2.08 bits per heavy atom. The van der Waals surface area contributed by atoms with Gasteiger partial charge in [-0.2, -0.15) is 11.3 Å². The first kappa shape index (κ1) is 18.5. The Bertz CT molecular complexity index is 636. The Morgan fingerprint density at radius 1 is 1.25 bits per heavy atom. The summed E-state index contributed by atoms with van der Waals surface area (Å²) in [5.74, 6) is 0.754. The predicted octanol–water partition coefficient (Wildman–Crippen LogP) is 2.52. The molecule has 24 heavy (non-hydrogen) atoms. The third-order valence-corrected chi connectivity index (χ3v) is 5.13. The van der Waals surface area contributed by atoms with E-state index in [0.29, 0.717) is 0 Å². The molecule has 2 aromatic rings. The number of hydrogen-bond donors (Lipinski definition) is 1. The molecule has 5 nitrogen and oxygen atoms in total. The highest BCUT2D eigenvalue weighted by molar-refractivity contribution is 7.09. The standard InChI is InChI=1S/C17H24N4OS2/c1-20(2)16(22)11-19-17(18-8-6-15-5-4-9-24-15)21(3)12-14-7-10-23-13-14/h4-5,7,9-10,13H,6,8,11-12H2,1-3H3,(H,18,19). The summed E-state index contributed by atoms with van der Waals surface area (Å²) in [6.45, 7) is 1.72. The molecule has 0 aliphatic heterocycles. The molecule has 2 rings (SSSR count). The maximum Gasteiger partial charge on any atom is 0.243 e. The van der Waals surface area contributed by atoms with E-state index in [4.69, 9.17) is 0 Å². The van der Waals surface area contributed by atoms with Crippen molar-refractivity contribution in [2.24, 2.45) is 4.99 Å². The number of rotatable bonds is 7. The molecule has 0 spiro atoms. The lowest BCUT2D eigenvalue weighted by molar-refractivity contribution is -0.127. The van der Waals surface area contributed by atoms with Crippen LogP contribution in [0.3, 0.4) is 0 Å². The zero-order chi connectivity index (χ0) is 17.4. The highest BCUT2D eigenvalue weighted by Crippen LogP contribution is 2.10. The van der Waals surface area contributed by atoms with Crippen molar-refractivity contribution in [1.29, 1.82) is 0 Å². The van der Waals surface area contributed by atoms with Crippen molar-refractivity contribution in [3.63, 3.8) is 0 Å². The number of aliphatic imine (C=N–C) groups is 1. The minimum Gasteiger partial charge on any atom is -0.356 e. The van der Waals surface area contributed by atoms with E-state index in [1.54, 1.807) is 41.7 Å². The van der Waals surface area contributed by atoms with Crippen molar-refractivity contribution in [2.45, 2.75) is 13.0 Å². The van der Waals surface area contributed by atoms with Crippen LogP contribution in [0.1, 0.15) is 10.4 Å². The molecule has 0 bridgehead atoms. The zero-order valence-electron chi connectivity index (χ0n) is 14.4. The van der Waals surface area contributed by atoms with Gasteiger partial charge in [-0.1, -0.05) is 6.07 Å². The van der Waals surface area contributed by atoms with E-state index in [1.165, 1.54) is 10.4 Å². The minimum absolute atomic E-state index is 0.00325. The number of hydrogen-bond acceptors (Lipinski definition) is 4. The molecule has 130 valence electrons. The van der Waals surface area contributed by atoms with E-state index in [0.717, 1.165) is 25.5 Å². The highest BCUT2D eigenvalue weighted by Gasteiger charge is 2.10. The molecule has 0 saturated heterocycles. The van der Waals surface area contributed by atoms with E-state index in [2.05, 4.69) is 49.5 Å². The maximum atomic E-state index is 11.8. The summed E-state index contributed by atoms with van der Waals surface area (Å²) in [6, 6.07) is 6.30. The topological polar surface area (TPSA) is 47.9 Å². The van der Waals surface area contributed by atoms with Crippen molar-refractivity contribution < 1.29 is 4.79 Å². The van der Waals surface area contributed by atoms with Crippen LogP contribution in [0, 0.1) is 0 Å². The number of carbonyl (C=O) groups is 1. The van der Waals surface area contributed by atoms with E-state index >= 15 is 0 Å². The summed E-state index contributed by atoms with van der Waals surface area (Å²) in [7, 11) is 5.49. The molecule has 2 aromatic heterocycles. The number of amides is 1. The quantitative estimate of drug-likeness (QED) is 0.607. The van der Waals surface area contributed by atoms with Gasteiger partial charge in [0.05, 0.1) is 0 Å². The van der Waals surface area contributed by atoms with Crippen molar-refractivity contribution in [3.05, 3.63) is 44.8 Å². The summed E-state index contributed by atoms with van der Waals surface area (Å²) >= 11 is 3.44. The summed E-state index contributed by atoms with van der Waals surface area (Å²) in [5, 5.41) is 9.66. The second kappa shape index (κ2) is 9.44. The van der Waals surface area contributed by atoms with Gasteiger partial charge in [0.1, 0.15) is 6.54 Å². The third-order valence-electron chi connectivity index (χ3n) is 3.46. The molecule has 0 aliphatic rings. The van der Waals surface area contributed by atoms with Gasteiger partial charge in [-0.3, -0.25) is 4.79 Å². The van der Waals surface area contributed by atoms with Gasteiger partial charge in [0.15, 0.2) is 5.96 Å². The van der Waals surface area contributed by atoms with Gasteiger partial charge in [0.2, 0.25) is 5.91 Å². The normalized spacial score (nSPS) is 11.4. The number of thiophene rings is 2. The van der Waals surface area contributed by atoms with Crippen LogP contribution in [-0.2, 0) is 17.8 Å². The van der Waals surface area contributed by atoms with E-state index in [9.17, 15) is 4.79 Å². The lowest BCUT2D eigenvalue weighted by atomic mass is 10.3. The molecule has 0 unspecified atom stereocenters. The van der Waals surface area contributed by atoms with Gasteiger partial charge in [0, 0.05) is 39.1 Å². The van der Waals surface area contributed by atoms with Crippen molar-refractivity contribution >= 4 is 34.5 Å². The molecule has 0 fully saturated rings. The second-order valence-corrected chi connectivity index (χ2v) is 7.48. The fraction of sp³-hybridized carbons (Fsp3) is 0.412. The molecule has 0 atom stereocenters. The van der Waals surface area contributed by atoms with Crippen molar-refractivity contribution in [2.75, 3.05) is 34.2 Å². The van der Waals surface area contributed by atoms with E-state index in [-0.39, 0.29) is 12.5 Å². The summed E-state index contributed by atoms with van der Waals surface area (Å²) < 4.78 is 0. The fourth-order valence-electron chi connectivity index (χ4n) is 2.08. The van der Waals surface area contributed by atoms with Gasteiger partial charge < -0.3 is 15.1 Å². The molecule has 0 aromatic carbocycles. The second-order valence-electron chi connectivity index (χ2n) is 5.67. The van der Waals surface area contributed by atoms with Gasteiger partial charge in [-0.15, -0.1) is 11.3 Å². The SMILES string of the molecule is CN(C)C(=O)CN=C(NCCc1cccs1)N(C)Cc1ccsc1. The first-order valence-electron chi connectivity index (χ1n) is 7.79. The smallest absolute Gasteiger partial charge is 0.243 e. The fourth-order valence-corrected chi connectivity index (χ4v) is 3.45. The average Bonchev–Trinajstić information content (AvgIpc) is 3.23. The maximum absolute atomic E-state index is 11.8. The Kier molecular flexibility index (Phi) is 7.27. The molecule has 7 heteroatoms. The Hall–Kier alpha value is -1.86. The first-order chi connectivity index (χ1) is 11.6. The number of nitrogens with one attached hydrogen (secondary N) is 1. The summed E-state index contributed by atoms with van der Waals surface area (Å²) in [4.78, 5) is 21.3. The van der Waals surface area contributed by atoms with Crippen molar-refractivity contribution in [3.8, 4) is 0 Å². The molecular formula is C17H24N4OS2. The number of carbonyl (C=O) groups excluding carboxylic acids is 1. The highest BCUT2D eigenvalue weighted by atomic mass is 32.1. The Morgan fingerprint density at radius 3 is 2.71 bits per heavy atom. The van der Waals surface area contributed by atoms with E-state index < -0.39 is 0 Å². The Balaban J connectivity index is 1.96. The minimum atomic E-state index is -0.00325. The largest absolute Gasteiger partial charge is 0.356 e. The lowest BCUT2D eigenvalue weighted by Crippen LogP contribution is -2.40. The molecule has 2 heterocycles.